The molecule has 0 saturated carbocycles. The molecule has 11 heavy (non-hydrogen) atoms. The minimum Gasteiger partial charge on any atom is -0.258 e. The Kier molecular flexibility index (Phi) is 2.43. The molecule has 0 fully saturated rings. The van der Waals surface area contributed by atoms with Crippen molar-refractivity contribution in [2.75, 3.05) is 6.26 Å². The Morgan fingerprint density at radius 2 is 2.45 bits per heavy atom. The highest BCUT2D eigenvalue weighted by Crippen LogP contribution is 2.23. The molecule has 1 aromatic rings. The molecule has 0 bridgehead atoms. The van der Waals surface area contributed by atoms with Crippen molar-refractivity contribution >= 4 is 17.4 Å². The molecule has 1 rings (SSSR count). The van der Waals surface area contributed by atoms with E-state index < -0.39 is 4.92 Å². The minimum absolute atomic E-state index is 0.0694. The molecule has 0 saturated heterocycles. The molecule has 0 aromatic carbocycles. The van der Waals surface area contributed by atoms with Gasteiger partial charge in [0.25, 0.3) is 0 Å². The van der Waals surface area contributed by atoms with E-state index in [1.165, 1.54) is 17.8 Å². The topological polar surface area (TPSA) is 56.0 Å². The number of nitrogens with zero attached hydrogens (tertiary/aromatic N) is 2. The fraction of sp³-hybridized carbons (Fsp3) is 0.167. The smallest absolute Gasteiger partial charge is 0.258 e. The first-order valence-electron chi connectivity index (χ1n) is 2.89. The molecule has 0 aliphatic carbocycles. The van der Waals surface area contributed by atoms with Crippen molar-refractivity contribution in [3.63, 3.8) is 0 Å². The number of rotatable bonds is 2. The minimum atomic E-state index is -0.432. The van der Waals surface area contributed by atoms with Crippen molar-refractivity contribution in [1.82, 2.24) is 4.98 Å². The lowest BCUT2D eigenvalue weighted by Crippen LogP contribution is -1.91. The fourth-order valence-electron chi connectivity index (χ4n) is 0.679. The average molecular weight is 170 g/mol. The molecule has 0 atom stereocenters. The van der Waals surface area contributed by atoms with Crippen LogP contribution in [0, 0.1) is 10.1 Å². The van der Waals surface area contributed by atoms with Gasteiger partial charge >= 0.3 is 5.69 Å². The zero-order chi connectivity index (χ0) is 8.27. The lowest BCUT2D eigenvalue weighted by Gasteiger charge is -1.94. The molecule has 58 valence electrons. The molecular formula is C6H6N2O2S. The van der Waals surface area contributed by atoms with Crippen molar-refractivity contribution < 1.29 is 4.92 Å². The Hall–Kier alpha value is -1.10. The van der Waals surface area contributed by atoms with E-state index in [9.17, 15) is 10.1 Å². The summed E-state index contributed by atoms with van der Waals surface area (Å²) in [6, 6.07) is 3.00. The lowest BCUT2D eigenvalue weighted by atomic mass is 10.4. The molecule has 0 aliphatic heterocycles. The van der Waals surface area contributed by atoms with Crippen LogP contribution in [0.2, 0.25) is 0 Å². The van der Waals surface area contributed by atoms with E-state index in [-0.39, 0.29) is 5.69 Å². The highest BCUT2D eigenvalue weighted by atomic mass is 32.2. The first-order chi connectivity index (χ1) is 5.25. The first kappa shape index (κ1) is 8.00. The van der Waals surface area contributed by atoms with Crippen LogP contribution in [0.25, 0.3) is 0 Å². The summed E-state index contributed by atoms with van der Waals surface area (Å²) in [6.45, 7) is 0. The van der Waals surface area contributed by atoms with Crippen molar-refractivity contribution in [2.24, 2.45) is 0 Å². The van der Waals surface area contributed by atoms with Gasteiger partial charge < -0.3 is 0 Å². The predicted octanol–water partition coefficient (Wildman–Crippen LogP) is 1.71. The number of pyridine rings is 1. The molecule has 0 amide bonds. The van der Waals surface area contributed by atoms with Crippen LogP contribution < -0.4 is 0 Å². The summed E-state index contributed by atoms with van der Waals surface area (Å²) in [7, 11) is 0. The third kappa shape index (κ3) is 1.68. The normalized spacial score (nSPS) is 9.55. The van der Waals surface area contributed by atoms with Crippen LogP contribution in [0.5, 0.6) is 0 Å². The van der Waals surface area contributed by atoms with Gasteiger partial charge in [-0.25, -0.2) is 4.98 Å². The van der Waals surface area contributed by atoms with Gasteiger partial charge in [0.15, 0.2) is 5.03 Å². The van der Waals surface area contributed by atoms with Gasteiger partial charge in [-0.05, 0) is 12.3 Å². The monoisotopic (exact) mass is 170 g/mol. The maximum absolute atomic E-state index is 10.3. The Bertz CT molecular complexity index is 277. The van der Waals surface area contributed by atoms with Crippen LogP contribution in [0.3, 0.4) is 0 Å². The summed E-state index contributed by atoms with van der Waals surface area (Å²) in [5, 5.41) is 10.8. The van der Waals surface area contributed by atoms with Crippen LogP contribution in [0.4, 0.5) is 5.69 Å². The van der Waals surface area contributed by atoms with Gasteiger partial charge in [-0.15, -0.1) is 11.8 Å². The quantitative estimate of drug-likeness (QED) is 0.385. The van der Waals surface area contributed by atoms with Crippen LogP contribution >= 0.6 is 11.8 Å². The molecule has 0 aliphatic rings. The van der Waals surface area contributed by atoms with Crippen LogP contribution in [0.15, 0.2) is 23.4 Å². The summed E-state index contributed by atoms with van der Waals surface area (Å²) < 4.78 is 0. The second-order valence-corrected chi connectivity index (χ2v) is 2.58. The summed E-state index contributed by atoms with van der Waals surface area (Å²) in [5.41, 5.74) is 0.0694. The lowest BCUT2D eigenvalue weighted by molar-refractivity contribution is -0.388. The summed E-state index contributed by atoms with van der Waals surface area (Å²) in [5.74, 6) is 0. The van der Waals surface area contributed by atoms with Crippen molar-refractivity contribution in [1.29, 1.82) is 0 Å². The Morgan fingerprint density at radius 3 is 2.91 bits per heavy atom. The molecule has 0 unspecified atom stereocenters. The van der Waals surface area contributed by atoms with Crippen molar-refractivity contribution in [3.8, 4) is 0 Å². The molecule has 5 heteroatoms. The van der Waals surface area contributed by atoms with E-state index >= 15 is 0 Å². The van der Waals surface area contributed by atoms with E-state index in [4.69, 9.17) is 0 Å². The van der Waals surface area contributed by atoms with Crippen molar-refractivity contribution in [2.45, 2.75) is 5.03 Å². The summed E-state index contributed by atoms with van der Waals surface area (Å²) in [6.07, 6.45) is 3.30. The Morgan fingerprint density at radius 1 is 1.73 bits per heavy atom. The van der Waals surface area contributed by atoms with E-state index in [2.05, 4.69) is 4.98 Å². The van der Waals surface area contributed by atoms with Crippen molar-refractivity contribution in [3.05, 3.63) is 28.4 Å². The maximum Gasteiger partial charge on any atom is 0.301 e. The zero-order valence-corrected chi connectivity index (χ0v) is 6.67. The molecule has 0 spiro atoms. The SMILES string of the molecule is CSc1ncccc1[N+](=O)[O-]. The Labute approximate surface area is 67.8 Å². The van der Waals surface area contributed by atoms with E-state index in [0.717, 1.165) is 0 Å². The molecular weight excluding hydrogens is 164 g/mol. The summed E-state index contributed by atoms with van der Waals surface area (Å²) >= 11 is 1.27. The van der Waals surface area contributed by atoms with Crippen LogP contribution in [0.1, 0.15) is 0 Å². The third-order valence-corrected chi connectivity index (χ3v) is 1.84. The van der Waals surface area contributed by atoms with Gasteiger partial charge in [-0.1, -0.05) is 0 Å². The van der Waals surface area contributed by atoms with Gasteiger partial charge in [0.2, 0.25) is 0 Å². The standard InChI is InChI=1S/C6H6N2O2S/c1-11-6-5(8(9)10)3-2-4-7-6/h2-4H,1H3. The number of thioether (sulfide) groups is 1. The number of nitro groups is 1. The van der Waals surface area contributed by atoms with E-state index in [1.807, 2.05) is 0 Å². The molecule has 4 nitrogen and oxygen atoms in total. The molecule has 0 N–H and O–H groups in total. The number of hydrogen-bond acceptors (Lipinski definition) is 4. The zero-order valence-electron chi connectivity index (χ0n) is 5.85. The summed E-state index contributed by atoms with van der Waals surface area (Å²) in [4.78, 5) is 13.7. The first-order valence-corrected chi connectivity index (χ1v) is 4.11. The van der Waals surface area contributed by atoms with Gasteiger partial charge in [0, 0.05) is 12.3 Å². The highest BCUT2D eigenvalue weighted by Gasteiger charge is 2.11. The highest BCUT2D eigenvalue weighted by molar-refractivity contribution is 7.98. The Balaban J connectivity index is 3.12. The second-order valence-electron chi connectivity index (χ2n) is 1.79. The maximum atomic E-state index is 10.3. The predicted molar refractivity (Wildman–Crippen MR) is 42.7 cm³/mol. The number of hydrogen-bond donors (Lipinski definition) is 0. The van der Waals surface area contributed by atoms with E-state index in [1.54, 1.807) is 18.5 Å². The molecule has 1 heterocycles. The molecule has 0 radical (unpaired) electrons. The van der Waals surface area contributed by atoms with E-state index in [0.29, 0.717) is 5.03 Å². The van der Waals surface area contributed by atoms with Gasteiger partial charge in [0.1, 0.15) is 0 Å². The number of aromatic nitrogens is 1. The molecule has 1 aromatic heterocycles. The van der Waals surface area contributed by atoms with Gasteiger partial charge in [0.05, 0.1) is 4.92 Å². The second kappa shape index (κ2) is 3.34. The van der Waals surface area contributed by atoms with Crippen LogP contribution in [-0.4, -0.2) is 16.2 Å². The third-order valence-electron chi connectivity index (χ3n) is 1.14. The van der Waals surface area contributed by atoms with Gasteiger partial charge in [-0.2, -0.15) is 0 Å². The van der Waals surface area contributed by atoms with Crippen LogP contribution in [-0.2, 0) is 0 Å². The van der Waals surface area contributed by atoms with Gasteiger partial charge in [-0.3, -0.25) is 10.1 Å². The fourth-order valence-corrected chi connectivity index (χ4v) is 1.20. The average Bonchev–Trinajstić information content (AvgIpc) is 2.04. The largest absolute Gasteiger partial charge is 0.301 e.